The summed E-state index contributed by atoms with van der Waals surface area (Å²) in [5, 5.41) is 2.63. The van der Waals surface area contributed by atoms with Crippen molar-refractivity contribution in [3.05, 3.63) is 29.8 Å². The molecule has 0 aromatic heterocycles. The smallest absolute Gasteiger partial charge is 0.407 e. The molecule has 21 heavy (non-hydrogen) atoms. The van der Waals surface area contributed by atoms with Crippen LogP contribution in [0.5, 0.6) is 5.75 Å². The van der Waals surface area contributed by atoms with E-state index in [4.69, 9.17) is 9.47 Å². The van der Waals surface area contributed by atoms with Crippen molar-refractivity contribution in [1.82, 2.24) is 5.32 Å². The number of carbonyl (C=O) groups is 2. The van der Waals surface area contributed by atoms with E-state index in [-0.39, 0.29) is 5.78 Å². The molecule has 1 N–H and O–H groups in total. The van der Waals surface area contributed by atoms with Gasteiger partial charge >= 0.3 is 6.09 Å². The fourth-order valence-corrected chi connectivity index (χ4v) is 1.67. The number of ketones is 1. The van der Waals surface area contributed by atoms with Crippen LogP contribution in [0, 0.1) is 0 Å². The highest BCUT2D eigenvalue weighted by atomic mass is 16.6. The number of amides is 1. The average molecular weight is 293 g/mol. The van der Waals surface area contributed by atoms with Crippen LogP contribution < -0.4 is 10.1 Å². The Balaban J connectivity index is 2.28. The van der Waals surface area contributed by atoms with Crippen molar-refractivity contribution >= 4 is 11.9 Å². The summed E-state index contributed by atoms with van der Waals surface area (Å²) in [5.74, 6) is 0.766. The second-order valence-electron chi connectivity index (χ2n) is 5.68. The van der Waals surface area contributed by atoms with Gasteiger partial charge in [0.2, 0.25) is 0 Å². The molecule has 0 aliphatic rings. The molecular formula is C16H23NO4. The minimum atomic E-state index is -0.511. The maximum atomic E-state index is 11.9. The van der Waals surface area contributed by atoms with Gasteiger partial charge in [0.05, 0.1) is 7.11 Å². The van der Waals surface area contributed by atoms with Crippen molar-refractivity contribution in [2.24, 2.45) is 0 Å². The highest BCUT2D eigenvalue weighted by molar-refractivity contribution is 5.96. The normalized spacial score (nSPS) is 10.9. The van der Waals surface area contributed by atoms with Gasteiger partial charge in [0.15, 0.2) is 5.78 Å². The number of carbonyl (C=O) groups excluding carboxylic acids is 2. The van der Waals surface area contributed by atoms with Crippen LogP contribution >= 0.6 is 0 Å². The highest BCUT2D eigenvalue weighted by Crippen LogP contribution is 2.13. The zero-order valence-electron chi connectivity index (χ0n) is 13.1. The molecule has 0 saturated heterocycles. The molecule has 0 radical (unpaired) electrons. The molecule has 0 aliphatic carbocycles. The Labute approximate surface area is 125 Å². The standard InChI is InChI=1S/C16H23NO4/c1-16(2,3)21-15(19)17-11-5-6-14(18)12-7-9-13(20-4)10-8-12/h7-10H,5-6,11H2,1-4H3,(H,17,19). The molecule has 116 valence electrons. The summed E-state index contributed by atoms with van der Waals surface area (Å²) >= 11 is 0. The number of ether oxygens (including phenoxy) is 2. The summed E-state index contributed by atoms with van der Waals surface area (Å²) < 4.78 is 10.1. The van der Waals surface area contributed by atoms with Gasteiger partial charge in [-0.2, -0.15) is 0 Å². The molecule has 0 saturated carbocycles. The van der Waals surface area contributed by atoms with E-state index in [0.29, 0.717) is 24.9 Å². The highest BCUT2D eigenvalue weighted by Gasteiger charge is 2.15. The van der Waals surface area contributed by atoms with Crippen LogP contribution in [0.1, 0.15) is 44.0 Å². The van der Waals surface area contributed by atoms with Crippen molar-refractivity contribution < 1.29 is 19.1 Å². The molecule has 0 fully saturated rings. The van der Waals surface area contributed by atoms with E-state index < -0.39 is 11.7 Å². The lowest BCUT2D eigenvalue weighted by atomic mass is 10.1. The fourth-order valence-electron chi connectivity index (χ4n) is 1.67. The summed E-state index contributed by atoms with van der Waals surface area (Å²) in [6, 6.07) is 6.99. The first-order chi connectivity index (χ1) is 9.81. The maximum Gasteiger partial charge on any atom is 0.407 e. The first-order valence-electron chi connectivity index (χ1n) is 6.96. The minimum Gasteiger partial charge on any atom is -0.497 e. The van der Waals surface area contributed by atoms with Gasteiger partial charge in [-0.1, -0.05) is 0 Å². The first-order valence-corrected chi connectivity index (χ1v) is 6.96. The van der Waals surface area contributed by atoms with Crippen LogP contribution in [0.3, 0.4) is 0 Å². The second kappa shape index (κ2) is 7.67. The van der Waals surface area contributed by atoms with E-state index in [1.54, 1.807) is 52.1 Å². The zero-order valence-corrected chi connectivity index (χ0v) is 13.1. The molecule has 5 nitrogen and oxygen atoms in total. The Morgan fingerprint density at radius 1 is 1.14 bits per heavy atom. The summed E-state index contributed by atoms with van der Waals surface area (Å²) in [5.41, 5.74) is 0.135. The Hall–Kier alpha value is -2.04. The third-order valence-electron chi connectivity index (χ3n) is 2.66. The van der Waals surface area contributed by atoms with Gasteiger partial charge in [-0.05, 0) is 51.5 Å². The Bertz CT molecular complexity index is 474. The van der Waals surface area contributed by atoms with E-state index in [1.807, 2.05) is 0 Å². The molecule has 1 rings (SSSR count). The van der Waals surface area contributed by atoms with Crippen molar-refractivity contribution in [1.29, 1.82) is 0 Å². The molecule has 0 spiro atoms. The van der Waals surface area contributed by atoms with Crippen LogP contribution in [0.25, 0.3) is 0 Å². The molecule has 5 heteroatoms. The topological polar surface area (TPSA) is 64.6 Å². The van der Waals surface area contributed by atoms with Gasteiger partial charge in [-0.15, -0.1) is 0 Å². The number of hydrogen-bond acceptors (Lipinski definition) is 4. The Morgan fingerprint density at radius 3 is 2.29 bits per heavy atom. The van der Waals surface area contributed by atoms with Crippen LogP contribution in [0.4, 0.5) is 4.79 Å². The first kappa shape index (κ1) is 17.0. The second-order valence-corrected chi connectivity index (χ2v) is 5.68. The summed E-state index contributed by atoms with van der Waals surface area (Å²) in [6.45, 7) is 5.83. The molecular weight excluding hydrogens is 270 g/mol. The van der Waals surface area contributed by atoms with E-state index >= 15 is 0 Å². The maximum absolute atomic E-state index is 11.9. The largest absolute Gasteiger partial charge is 0.497 e. The number of Topliss-reactive ketones (excluding diaryl/α,β-unsaturated/α-hetero) is 1. The minimum absolute atomic E-state index is 0.0450. The third kappa shape index (κ3) is 6.79. The van der Waals surface area contributed by atoms with Crippen LogP contribution in [0.15, 0.2) is 24.3 Å². The Morgan fingerprint density at radius 2 is 1.76 bits per heavy atom. The molecule has 0 aliphatic heterocycles. The summed E-state index contributed by atoms with van der Waals surface area (Å²) in [4.78, 5) is 23.3. The lowest BCUT2D eigenvalue weighted by molar-refractivity contribution is 0.0525. The lowest BCUT2D eigenvalue weighted by Crippen LogP contribution is -2.33. The number of benzene rings is 1. The number of hydrogen-bond donors (Lipinski definition) is 1. The summed E-state index contributed by atoms with van der Waals surface area (Å²) in [7, 11) is 1.58. The lowest BCUT2D eigenvalue weighted by Gasteiger charge is -2.19. The van der Waals surface area contributed by atoms with Gasteiger partial charge in [0.1, 0.15) is 11.4 Å². The monoisotopic (exact) mass is 293 g/mol. The predicted octanol–water partition coefficient (Wildman–Crippen LogP) is 3.18. The van der Waals surface area contributed by atoms with Crippen molar-refractivity contribution in [3.8, 4) is 5.75 Å². The third-order valence-corrected chi connectivity index (χ3v) is 2.66. The van der Waals surface area contributed by atoms with Gasteiger partial charge in [0, 0.05) is 18.5 Å². The van der Waals surface area contributed by atoms with Gasteiger partial charge in [-0.25, -0.2) is 4.79 Å². The van der Waals surface area contributed by atoms with Gasteiger partial charge in [0.25, 0.3) is 0 Å². The van der Waals surface area contributed by atoms with Gasteiger partial charge < -0.3 is 14.8 Å². The van der Waals surface area contributed by atoms with E-state index in [9.17, 15) is 9.59 Å². The van der Waals surface area contributed by atoms with Crippen LogP contribution in [0.2, 0.25) is 0 Å². The van der Waals surface area contributed by atoms with Crippen LogP contribution in [-0.2, 0) is 4.74 Å². The average Bonchev–Trinajstić information content (AvgIpc) is 2.41. The molecule has 1 aromatic rings. The van der Waals surface area contributed by atoms with Crippen molar-refractivity contribution in [2.45, 2.75) is 39.2 Å². The van der Waals surface area contributed by atoms with E-state index in [1.165, 1.54) is 0 Å². The number of nitrogens with one attached hydrogen (secondary N) is 1. The number of methoxy groups -OCH3 is 1. The fraction of sp³-hybridized carbons (Fsp3) is 0.500. The Kier molecular flexibility index (Phi) is 6.21. The molecule has 1 amide bonds. The number of alkyl carbamates (subject to hydrolysis) is 1. The van der Waals surface area contributed by atoms with Crippen molar-refractivity contribution in [3.63, 3.8) is 0 Å². The molecule has 0 atom stereocenters. The van der Waals surface area contributed by atoms with E-state index in [0.717, 1.165) is 5.75 Å². The van der Waals surface area contributed by atoms with Crippen LogP contribution in [-0.4, -0.2) is 31.1 Å². The van der Waals surface area contributed by atoms with Crippen molar-refractivity contribution in [2.75, 3.05) is 13.7 Å². The van der Waals surface area contributed by atoms with Gasteiger partial charge in [-0.3, -0.25) is 4.79 Å². The molecule has 0 bridgehead atoms. The number of rotatable bonds is 6. The predicted molar refractivity (Wildman–Crippen MR) is 80.8 cm³/mol. The quantitative estimate of drug-likeness (QED) is 0.646. The van der Waals surface area contributed by atoms with E-state index in [2.05, 4.69) is 5.32 Å². The summed E-state index contributed by atoms with van der Waals surface area (Å²) in [6.07, 6.45) is 0.492. The molecule has 0 unspecified atom stereocenters. The zero-order chi connectivity index (χ0) is 15.9. The molecule has 0 heterocycles. The molecule has 1 aromatic carbocycles. The SMILES string of the molecule is COc1ccc(C(=O)CCCNC(=O)OC(C)(C)C)cc1.